The zero-order valence-corrected chi connectivity index (χ0v) is 18.1. The van der Waals surface area contributed by atoms with Crippen molar-refractivity contribution in [2.75, 3.05) is 32.1 Å². The minimum Gasteiger partial charge on any atom is -0.490 e. The van der Waals surface area contributed by atoms with Crippen molar-refractivity contribution < 1.29 is 22.7 Å². The van der Waals surface area contributed by atoms with Crippen LogP contribution in [0.2, 0.25) is 0 Å². The van der Waals surface area contributed by atoms with Crippen LogP contribution in [-0.4, -0.2) is 50.4 Å². The fourth-order valence-electron chi connectivity index (χ4n) is 3.40. The van der Waals surface area contributed by atoms with Gasteiger partial charge in [-0.25, -0.2) is 8.42 Å². The molecule has 0 aliphatic carbocycles. The summed E-state index contributed by atoms with van der Waals surface area (Å²) in [6.45, 7) is 2.54. The Morgan fingerprint density at radius 2 is 1.90 bits per heavy atom. The Morgan fingerprint density at radius 1 is 1.13 bits per heavy atom. The number of hydrogen-bond donors (Lipinski definition) is 1. The number of anilines is 1. The molecule has 0 saturated heterocycles. The summed E-state index contributed by atoms with van der Waals surface area (Å²) in [5, 5.41) is 3.68. The number of aromatic nitrogens is 1. The van der Waals surface area contributed by atoms with E-state index in [-0.39, 0.29) is 11.4 Å². The number of rotatable bonds is 5. The molecule has 0 saturated carbocycles. The molecule has 8 nitrogen and oxygen atoms in total. The van der Waals surface area contributed by atoms with Gasteiger partial charge in [-0.3, -0.25) is 9.78 Å². The lowest BCUT2D eigenvalue weighted by Crippen LogP contribution is -2.35. The predicted molar refractivity (Wildman–Crippen MR) is 117 cm³/mol. The van der Waals surface area contributed by atoms with Crippen molar-refractivity contribution in [3.05, 3.63) is 54.2 Å². The number of carbonyl (C=O) groups is 1. The van der Waals surface area contributed by atoms with E-state index in [0.29, 0.717) is 35.9 Å². The van der Waals surface area contributed by atoms with Gasteiger partial charge in [0.2, 0.25) is 15.9 Å². The highest BCUT2D eigenvalue weighted by atomic mass is 32.2. The number of benzene rings is 2. The summed E-state index contributed by atoms with van der Waals surface area (Å²) < 4.78 is 38.1. The maximum absolute atomic E-state index is 13.0. The van der Waals surface area contributed by atoms with Crippen LogP contribution in [0.3, 0.4) is 0 Å². The highest BCUT2D eigenvalue weighted by molar-refractivity contribution is 7.89. The molecule has 0 bridgehead atoms. The molecule has 0 fully saturated rings. The van der Waals surface area contributed by atoms with Crippen molar-refractivity contribution in [3.8, 4) is 11.5 Å². The average molecular weight is 442 g/mol. The molecule has 0 atom stereocenters. The molecule has 9 heteroatoms. The van der Waals surface area contributed by atoms with Gasteiger partial charge in [-0.2, -0.15) is 4.31 Å². The Labute approximate surface area is 180 Å². The van der Waals surface area contributed by atoms with Crippen molar-refractivity contribution >= 4 is 32.5 Å². The lowest BCUT2D eigenvalue weighted by Gasteiger charge is -2.18. The van der Waals surface area contributed by atoms with Gasteiger partial charge >= 0.3 is 0 Å². The summed E-state index contributed by atoms with van der Waals surface area (Å²) in [4.78, 5) is 17.0. The van der Waals surface area contributed by atoms with Crippen LogP contribution >= 0.6 is 0 Å². The maximum Gasteiger partial charge on any atom is 0.243 e. The molecule has 1 amide bonds. The van der Waals surface area contributed by atoms with E-state index in [1.54, 1.807) is 12.3 Å². The normalized spacial score (nSPS) is 13.8. The third-order valence-corrected chi connectivity index (χ3v) is 6.72. The number of amides is 1. The highest BCUT2D eigenvalue weighted by Crippen LogP contribution is 2.32. The molecule has 0 unspecified atom stereocenters. The van der Waals surface area contributed by atoms with Crippen LogP contribution in [0.15, 0.2) is 53.6 Å². The molecule has 1 N–H and O–H groups in total. The maximum atomic E-state index is 13.0. The molecule has 3 aromatic rings. The largest absolute Gasteiger partial charge is 0.490 e. The van der Waals surface area contributed by atoms with Crippen LogP contribution in [0, 0.1) is 6.92 Å². The molecule has 2 aromatic carbocycles. The van der Waals surface area contributed by atoms with Crippen molar-refractivity contribution in [1.29, 1.82) is 0 Å². The molecule has 162 valence electrons. The van der Waals surface area contributed by atoms with Gasteiger partial charge in [-0.1, -0.05) is 6.07 Å². The van der Waals surface area contributed by atoms with Crippen LogP contribution in [0.4, 0.5) is 5.69 Å². The van der Waals surface area contributed by atoms with Crippen LogP contribution in [0.1, 0.15) is 12.0 Å². The summed E-state index contributed by atoms with van der Waals surface area (Å²) in [6, 6.07) is 12.0. The number of ether oxygens (including phenoxy) is 2. The number of likely N-dealkylation sites (N-methyl/N-ethyl adjacent to an activating group) is 1. The standard InChI is InChI=1S/C22H23N3O5S/c1-15-11-16-5-3-8-23-22(16)18(12-15)24-21(26)14-25(2)31(27,28)17-6-7-19-20(13-17)30-10-4-9-29-19/h3,5-8,11-13H,4,9-10,14H2,1-2H3,(H,24,26). The summed E-state index contributed by atoms with van der Waals surface area (Å²) in [5.74, 6) is 0.433. The second kappa shape index (κ2) is 8.52. The quantitative estimate of drug-likeness (QED) is 0.654. The van der Waals surface area contributed by atoms with Gasteiger partial charge in [0.05, 0.1) is 35.9 Å². The summed E-state index contributed by atoms with van der Waals surface area (Å²) in [5.41, 5.74) is 2.15. The van der Waals surface area contributed by atoms with E-state index >= 15 is 0 Å². The van der Waals surface area contributed by atoms with Crippen molar-refractivity contribution in [3.63, 3.8) is 0 Å². The smallest absolute Gasteiger partial charge is 0.243 e. The lowest BCUT2D eigenvalue weighted by atomic mass is 10.1. The molecule has 0 radical (unpaired) electrons. The van der Waals surface area contributed by atoms with E-state index in [1.165, 1.54) is 19.2 Å². The van der Waals surface area contributed by atoms with Gasteiger partial charge in [0, 0.05) is 31.1 Å². The molecule has 2 heterocycles. The van der Waals surface area contributed by atoms with E-state index < -0.39 is 15.9 Å². The summed E-state index contributed by atoms with van der Waals surface area (Å²) >= 11 is 0. The molecule has 1 aromatic heterocycles. The SMILES string of the molecule is Cc1cc(NC(=O)CN(C)S(=O)(=O)c2ccc3c(c2)OCCCO3)c2ncccc2c1. The number of aryl methyl sites for hydroxylation is 1. The monoisotopic (exact) mass is 441 g/mol. The first kappa shape index (κ1) is 21.1. The topological polar surface area (TPSA) is 97.8 Å². The third-order valence-electron chi connectivity index (χ3n) is 4.92. The van der Waals surface area contributed by atoms with Gasteiger partial charge < -0.3 is 14.8 Å². The van der Waals surface area contributed by atoms with Crippen LogP contribution in [0.5, 0.6) is 11.5 Å². The van der Waals surface area contributed by atoms with Crippen molar-refractivity contribution in [1.82, 2.24) is 9.29 Å². The summed E-state index contributed by atoms with van der Waals surface area (Å²) in [6.07, 6.45) is 2.37. The molecule has 0 spiro atoms. The molecular weight excluding hydrogens is 418 g/mol. The second-order valence-corrected chi connectivity index (χ2v) is 9.40. The molecular formula is C22H23N3O5S. The van der Waals surface area contributed by atoms with Gasteiger partial charge in [0.25, 0.3) is 0 Å². The minimum absolute atomic E-state index is 0.0368. The lowest BCUT2D eigenvalue weighted by molar-refractivity contribution is -0.116. The van der Waals surface area contributed by atoms with Gasteiger partial charge in [0.15, 0.2) is 11.5 Å². The van der Waals surface area contributed by atoms with E-state index in [1.807, 2.05) is 31.2 Å². The van der Waals surface area contributed by atoms with E-state index in [9.17, 15) is 13.2 Å². The van der Waals surface area contributed by atoms with Crippen molar-refractivity contribution in [2.24, 2.45) is 0 Å². The molecule has 4 rings (SSSR count). The van der Waals surface area contributed by atoms with Gasteiger partial charge in [-0.05, 0) is 42.8 Å². The van der Waals surface area contributed by atoms with Crippen molar-refractivity contribution in [2.45, 2.75) is 18.2 Å². The molecule has 31 heavy (non-hydrogen) atoms. The predicted octanol–water partition coefficient (Wildman–Crippen LogP) is 2.96. The Balaban J connectivity index is 1.52. The molecule has 1 aliphatic rings. The fraction of sp³-hybridized carbons (Fsp3) is 0.273. The summed E-state index contributed by atoms with van der Waals surface area (Å²) in [7, 11) is -2.54. The zero-order chi connectivity index (χ0) is 22.0. The number of sulfonamides is 1. The zero-order valence-electron chi connectivity index (χ0n) is 17.3. The number of nitrogens with zero attached hydrogens (tertiary/aromatic N) is 2. The van der Waals surface area contributed by atoms with E-state index in [2.05, 4.69) is 10.3 Å². The average Bonchev–Trinajstić information content (AvgIpc) is 2.98. The Hall–Kier alpha value is -3.17. The van der Waals surface area contributed by atoms with E-state index in [0.717, 1.165) is 21.7 Å². The number of hydrogen-bond acceptors (Lipinski definition) is 6. The molecule has 1 aliphatic heterocycles. The second-order valence-electron chi connectivity index (χ2n) is 7.36. The number of pyridine rings is 1. The Kier molecular flexibility index (Phi) is 5.79. The number of nitrogens with one attached hydrogen (secondary N) is 1. The Bertz CT molecular complexity index is 1240. The highest BCUT2D eigenvalue weighted by Gasteiger charge is 2.25. The van der Waals surface area contributed by atoms with Crippen LogP contribution in [0.25, 0.3) is 10.9 Å². The number of carbonyl (C=O) groups excluding carboxylic acids is 1. The number of fused-ring (bicyclic) bond motifs is 2. The first-order valence-electron chi connectivity index (χ1n) is 9.86. The van der Waals surface area contributed by atoms with Crippen LogP contribution in [-0.2, 0) is 14.8 Å². The van der Waals surface area contributed by atoms with Gasteiger partial charge in [0.1, 0.15) is 0 Å². The minimum atomic E-state index is -3.90. The third kappa shape index (κ3) is 4.47. The van der Waals surface area contributed by atoms with Crippen LogP contribution < -0.4 is 14.8 Å². The first-order chi connectivity index (χ1) is 14.8. The fourth-order valence-corrected chi connectivity index (χ4v) is 4.54. The van der Waals surface area contributed by atoms with E-state index in [4.69, 9.17) is 9.47 Å². The Morgan fingerprint density at radius 3 is 2.71 bits per heavy atom. The van der Waals surface area contributed by atoms with Gasteiger partial charge in [-0.15, -0.1) is 0 Å². The first-order valence-corrected chi connectivity index (χ1v) is 11.3.